The van der Waals surface area contributed by atoms with E-state index >= 15 is 0 Å². The average molecular weight is 278 g/mol. The molecule has 0 bridgehead atoms. The van der Waals surface area contributed by atoms with Gasteiger partial charge in [0.05, 0.1) is 16.1 Å². The van der Waals surface area contributed by atoms with E-state index in [4.69, 9.17) is 22.8 Å². The molecule has 0 fully saturated rings. The zero-order valence-corrected chi connectivity index (χ0v) is 9.53. The van der Waals surface area contributed by atoms with Crippen LogP contribution in [0.25, 0.3) is 0 Å². The Labute approximate surface area is 95.3 Å². The van der Waals surface area contributed by atoms with E-state index in [1.165, 1.54) is 12.1 Å². The lowest BCUT2D eigenvalue weighted by atomic mass is 10.3. The Hall–Kier alpha value is -0.720. The van der Waals surface area contributed by atoms with Gasteiger partial charge in [0.2, 0.25) is 0 Å². The fraction of sp³-hybridized carbons (Fsp3) is 0.200. The molecule has 0 amide bonds. The molecule has 14 heavy (non-hydrogen) atoms. The Kier molecular flexibility index (Phi) is 4.24. The maximum absolute atomic E-state index is 13.0. The lowest BCUT2D eigenvalue weighted by Crippen LogP contribution is -1.97. The van der Waals surface area contributed by atoms with Gasteiger partial charge in [-0.05, 0) is 22.0 Å². The van der Waals surface area contributed by atoms with Crippen LogP contribution in [0, 0.1) is 18.2 Å². The average Bonchev–Trinajstić information content (AvgIpc) is 2.14. The highest BCUT2D eigenvalue weighted by molar-refractivity contribution is 9.10. The van der Waals surface area contributed by atoms with Gasteiger partial charge in [0.1, 0.15) is 11.6 Å². The highest BCUT2D eigenvalue weighted by Crippen LogP contribution is 2.30. The molecular formula is C10H7BrClFO. The van der Waals surface area contributed by atoms with Gasteiger partial charge in [-0.2, -0.15) is 0 Å². The normalized spacial score (nSPS) is 9.57. The number of terminal acetylenes is 1. The van der Waals surface area contributed by atoms with Crippen LogP contribution in [0.15, 0.2) is 16.6 Å². The smallest absolute Gasteiger partial charge is 0.145 e. The molecule has 0 spiro atoms. The number of ether oxygens (including phenoxy) is 1. The molecule has 0 aromatic heterocycles. The van der Waals surface area contributed by atoms with Gasteiger partial charge in [0.15, 0.2) is 0 Å². The number of rotatable bonds is 3. The van der Waals surface area contributed by atoms with Crippen molar-refractivity contribution >= 4 is 27.5 Å². The minimum atomic E-state index is -0.509. The molecule has 0 atom stereocenters. The van der Waals surface area contributed by atoms with E-state index in [0.717, 1.165) is 0 Å². The number of halogens is 3. The van der Waals surface area contributed by atoms with E-state index in [-0.39, 0.29) is 5.02 Å². The lowest BCUT2D eigenvalue weighted by Gasteiger charge is -2.07. The minimum Gasteiger partial charge on any atom is -0.491 e. The van der Waals surface area contributed by atoms with Gasteiger partial charge in [-0.3, -0.25) is 0 Å². The Morgan fingerprint density at radius 2 is 2.29 bits per heavy atom. The van der Waals surface area contributed by atoms with E-state index in [9.17, 15) is 4.39 Å². The van der Waals surface area contributed by atoms with Gasteiger partial charge in [0.25, 0.3) is 0 Å². The van der Waals surface area contributed by atoms with Crippen LogP contribution in [-0.2, 0) is 0 Å². The molecule has 74 valence electrons. The molecule has 0 aliphatic rings. The third-order valence-corrected chi connectivity index (χ3v) is 2.39. The predicted octanol–water partition coefficient (Wildman–Crippen LogP) is 3.64. The largest absolute Gasteiger partial charge is 0.491 e. The van der Waals surface area contributed by atoms with Crippen molar-refractivity contribution in [2.24, 2.45) is 0 Å². The van der Waals surface area contributed by atoms with E-state index in [1.54, 1.807) is 0 Å². The molecule has 0 N–H and O–H groups in total. The van der Waals surface area contributed by atoms with Crippen molar-refractivity contribution in [2.75, 3.05) is 6.61 Å². The first-order valence-corrected chi connectivity index (χ1v) is 5.03. The zero-order valence-electron chi connectivity index (χ0n) is 7.19. The quantitative estimate of drug-likeness (QED) is 0.465. The summed E-state index contributed by atoms with van der Waals surface area (Å²) in [5, 5.41) is 0.0566. The number of hydrogen-bond acceptors (Lipinski definition) is 1. The first kappa shape index (κ1) is 11.4. The topological polar surface area (TPSA) is 9.23 Å². The molecule has 0 aliphatic heterocycles. The van der Waals surface area contributed by atoms with Crippen LogP contribution in [0.2, 0.25) is 5.02 Å². The van der Waals surface area contributed by atoms with Crippen molar-refractivity contribution in [3.05, 3.63) is 27.4 Å². The molecule has 1 aromatic rings. The highest BCUT2D eigenvalue weighted by Gasteiger charge is 2.07. The third-order valence-electron chi connectivity index (χ3n) is 1.48. The predicted molar refractivity (Wildman–Crippen MR) is 58.1 cm³/mol. The van der Waals surface area contributed by atoms with Crippen molar-refractivity contribution in [3.8, 4) is 18.1 Å². The maximum Gasteiger partial charge on any atom is 0.145 e. The maximum atomic E-state index is 13.0. The molecule has 4 heteroatoms. The zero-order chi connectivity index (χ0) is 10.6. The van der Waals surface area contributed by atoms with Crippen LogP contribution in [0.3, 0.4) is 0 Å². The van der Waals surface area contributed by atoms with Crippen molar-refractivity contribution in [1.82, 2.24) is 0 Å². The van der Waals surface area contributed by atoms with E-state index in [1.807, 2.05) is 0 Å². The molecule has 0 unspecified atom stereocenters. The standard InChI is InChI=1S/C10H7BrClFO/c1-2-3-4-14-10-6-9(13)8(12)5-7(10)11/h1,5-6H,3-4H2. The summed E-state index contributed by atoms with van der Waals surface area (Å²) in [5.74, 6) is 2.32. The van der Waals surface area contributed by atoms with Gasteiger partial charge in [0, 0.05) is 12.5 Å². The van der Waals surface area contributed by atoms with E-state index in [2.05, 4.69) is 21.9 Å². The first-order valence-electron chi connectivity index (χ1n) is 3.86. The van der Waals surface area contributed by atoms with Gasteiger partial charge < -0.3 is 4.74 Å². The van der Waals surface area contributed by atoms with Gasteiger partial charge in [-0.25, -0.2) is 4.39 Å². The van der Waals surface area contributed by atoms with Gasteiger partial charge >= 0.3 is 0 Å². The Bertz CT molecular complexity index is 373. The van der Waals surface area contributed by atoms with Crippen molar-refractivity contribution in [1.29, 1.82) is 0 Å². The molecule has 1 rings (SSSR count). The summed E-state index contributed by atoms with van der Waals surface area (Å²) in [6.45, 7) is 0.357. The highest BCUT2D eigenvalue weighted by atomic mass is 79.9. The van der Waals surface area contributed by atoms with Crippen LogP contribution in [0.5, 0.6) is 5.75 Å². The summed E-state index contributed by atoms with van der Waals surface area (Å²) in [6.07, 6.45) is 5.53. The summed E-state index contributed by atoms with van der Waals surface area (Å²) >= 11 is 8.76. The first-order chi connectivity index (χ1) is 6.65. The molecule has 0 aliphatic carbocycles. The van der Waals surface area contributed by atoms with Crippen molar-refractivity contribution in [2.45, 2.75) is 6.42 Å². The van der Waals surface area contributed by atoms with Crippen LogP contribution in [-0.4, -0.2) is 6.61 Å². The summed E-state index contributed by atoms with van der Waals surface area (Å²) in [4.78, 5) is 0. The van der Waals surface area contributed by atoms with Crippen LogP contribution >= 0.6 is 27.5 Å². The molecule has 0 saturated carbocycles. The fourth-order valence-corrected chi connectivity index (χ4v) is 1.59. The SMILES string of the molecule is C#CCCOc1cc(F)c(Cl)cc1Br. The fourth-order valence-electron chi connectivity index (χ4n) is 0.835. The second-order valence-electron chi connectivity index (χ2n) is 2.50. The Morgan fingerprint density at radius 1 is 1.57 bits per heavy atom. The Morgan fingerprint density at radius 3 is 2.93 bits per heavy atom. The molecular weight excluding hydrogens is 270 g/mol. The second kappa shape index (κ2) is 5.23. The summed E-state index contributed by atoms with van der Waals surface area (Å²) in [6, 6.07) is 2.67. The third kappa shape index (κ3) is 2.90. The second-order valence-corrected chi connectivity index (χ2v) is 3.76. The monoisotopic (exact) mass is 276 g/mol. The molecule has 0 radical (unpaired) electrons. The summed E-state index contributed by atoms with van der Waals surface area (Å²) in [5.41, 5.74) is 0. The van der Waals surface area contributed by atoms with E-state index < -0.39 is 5.82 Å². The summed E-state index contributed by atoms with van der Waals surface area (Å²) < 4.78 is 18.8. The van der Waals surface area contributed by atoms with Crippen molar-refractivity contribution < 1.29 is 9.13 Å². The molecule has 0 saturated heterocycles. The van der Waals surface area contributed by atoms with Gasteiger partial charge in [-0.1, -0.05) is 11.6 Å². The van der Waals surface area contributed by atoms with Gasteiger partial charge in [-0.15, -0.1) is 12.3 Å². The lowest BCUT2D eigenvalue weighted by molar-refractivity contribution is 0.323. The van der Waals surface area contributed by atoms with Crippen LogP contribution in [0.1, 0.15) is 6.42 Å². The van der Waals surface area contributed by atoms with Crippen LogP contribution in [0.4, 0.5) is 4.39 Å². The number of hydrogen-bond donors (Lipinski definition) is 0. The molecule has 1 aromatic carbocycles. The van der Waals surface area contributed by atoms with Crippen LogP contribution < -0.4 is 4.74 Å². The minimum absolute atomic E-state index is 0.0566. The van der Waals surface area contributed by atoms with Crippen molar-refractivity contribution in [3.63, 3.8) is 0 Å². The number of benzene rings is 1. The molecule has 1 nitrogen and oxygen atoms in total. The Balaban J connectivity index is 2.78. The summed E-state index contributed by atoms with van der Waals surface area (Å²) in [7, 11) is 0. The molecule has 0 heterocycles. The van der Waals surface area contributed by atoms with E-state index in [0.29, 0.717) is 23.2 Å².